The van der Waals surface area contributed by atoms with Crippen molar-refractivity contribution in [1.29, 1.82) is 0 Å². The molecule has 2 aromatic rings. The molecule has 0 unspecified atom stereocenters. The summed E-state index contributed by atoms with van der Waals surface area (Å²) in [5, 5.41) is 2.79. The van der Waals surface area contributed by atoms with Crippen molar-refractivity contribution in [3.8, 4) is 5.75 Å². The summed E-state index contributed by atoms with van der Waals surface area (Å²) in [6.07, 6.45) is 0. The third-order valence-electron chi connectivity index (χ3n) is 3.63. The molecule has 0 bridgehead atoms. The lowest BCUT2D eigenvalue weighted by molar-refractivity contribution is 0.102. The highest BCUT2D eigenvalue weighted by Crippen LogP contribution is 2.20. The molecule has 0 fully saturated rings. The zero-order valence-electron chi connectivity index (χ0n) is 16.3. The van der Waals surface area contributed by atoms with E-state index < -0.39 is 15.6 Å². The Balaban J connectivity index is 2.26. The highest BCUT2D eigenvalue weighted by Gasteiger charge is 2.23. The number of hydrogen-bond acceptors (Lipinski definition) is 4. The molecule has 1 amide bonds. The quantitative estimate of drug-likeness (QED) is 0.787. The molecular weight excluding hydrogens is 364 g/mol. The van der Waals surface area contributed by atoms with Crippen LogP contribution in [0, 0.1) is 6.92 Å². The van der Waals surface area contributed by atoms with Crippen molar-refractivity contribution in [2.24, 2.45) is 0 Å². The van der Waals surface area contributed by atoms with Gasteiger partial charge in [0.05, 0.1) is 11.5 Å². The number of nitrogens with one attached hydrogen (secondary N) is 2. The van der Waals surface area contributed by atoms with Crippen LogP contribution in [0.5, 0.6) is 5.75 Å². The Labute approximate surface area is 161 Å². The normalized spacial score (nSPS) is 11.9. The van der Waals surface area contributed by atoms with Gasteiger partial charge in [-0.1, -0.05) is 6.07 Å². The molecule has 0 radical (unpaired) electrons. The molecule has 0 heterocycles. The van der Waals surface area contributed by atoms with Crippen LogP contribution in [-0.2, 0) is 10.0 Å². The van der Waals surface area contributed by atoms with Gasteiger partial charge in [0.15, 0.2) is 0 Å². The Morgan fingerprint density at radius 2 is 1.70 bits per heavy atom. The number of aryl methyl sites for hydroxylation is 1. The number of sulfonamides is 1. The van der Waals surface area contributed by atoms with Gasteiger partial charge < -0.3 is 10.1 Å². The van der Waals surface area contributed by atoms with Crippen LogP contribution >= 0.6 is 0 Å². The van der Waals surface area contributed by atoms with Gasteiger partial charge in [-0.25, -0.2) is 13.1 Å². The third-order valence-corrected chi connectivity index (χ3v) is 5.38. The van der Waals surface area contributed by atoms with Crippen LogP contribution in [0.3, 0.4) is 0 Å². The first kappa shape index (κ1) is 20.9. The molecule has 7 heteroatoms. The second kappa shape index (κ2) is 8.10. The number of rotatable bonds is 6. The van der Waals surface area contributed by atoms with E-state index in [0.29, 0.717) is 29.2 Å². The molecule has 0 saturated carbocycles. The van der Waals surface area contributed by atoms with E-state index in [9.17, 15) is 13.2 Å². The van der Waals surface area contributed by atoms with Crippen LogP contribution in [0.25, 0.3) is 0 Å². The standard InChI is InChI=1S/C20H26N2O4S/c1-6-26-16-10-8-15(9-11-16)21-19(23)18-13-17(12-7-14(18)2)27(24,25)22-20(3,4)5/h7-13,22H,6H2,1-5H3,(H,21,23). The van der Waals surface area contributed by atoms with Gasteiger partial charge in [0.2, 0.25) is 10.0 Å². The first-order valence-electron chi connectivity index (χ1n) is 8.71. The monoisotopic (exact) mass is 390 g/mol. The SMILES string of the molecule is CCOc1ccc(NC(=O)c2cc(S(=O)(=O)NC(C)(C)C)ccc2C)cc1. The van der Waals surface area contributed by atoms with Crippen LogP contribution in [0.1, 0.15) is 43.6 Å². The van der Waals surface area contributed by atoms with Crippen molar-refractivity contribution in [3.63, 3.8) is 0 Å². The molecule has 0 saturated heterocycles. The van der Waals surface area contributed by atoms with E-state index >= 15 is 0 Å². The van der Waals surface area contributed by atoms with Crippen molar-refractivity contribution in [2.75, 3.05) is 11.9 Å². The molecule has 0 spiro atoms. The van der Waals surface area contributed by atoms with Crippen molar-refractivity contribution in [2.45, 2.75) is 45.1 Å². The molecule has 27 heavy (non-hydrogen) atoms. The topological polar surface area (TPSA) is 84.5 Å². The van der Waals surface area contributed by atoms with Crippen LogP contribution < -0.4 is 14.8 Å². The van der Waals surface area contributed by atoms with E-state index in [0.717, 1.165) is 0 Å². The van der Waals surface area contributed by atoms with Crippen LogP contribution in [0.15, 0.2) is 47.4 Å². The molecular formula is C20H26N2O4S. The Bertz CT molecular complexity index is 914. The van der Waals surface area contributed by atoms with Gasteiger partial charge in [-0.15, -0.1) is 0 Å². The van der Waals surface area contributed by atoms with Crippen LogP contribution in [-0.4, -0.2) is 26.5 Å². The molecule has 0 aromatic heterocycles. The minimum Gasteiger partial charge on any atom is -0.494 e. The Hall–Kier alpha value is -2.38. The maximum atomic E-state index is 12.7. The molecule has 2 rings (SSSR count). The van der Waals surface area contributed by atoms with Gasteiger partial charge in [-0.2, -0.15) is 0 Å². The summed E-state index contributed by atoms with van der Waals surface area (Å²) < 4.78 is 33.0. The number of anilines is 1. The number of benzene rings is 2. The van der Waals surface area contributed by atoms with E-state index in [1.54, 1.807) is 58.0 Å². The highest BCUT2D eigenvalue weighted by atomic mass is 32.2. The van der Waals surface area contributed by atoms with E-state index in [1.165, 1.54) is 12.1 Å². The smallest absolute Gasteiger partial charge is 0.255 e. The van der Waals surface area contributed by atoms with Gasteiger partial charge in [-0.05, 0) is 76.6 Å². The van der Waals surface area contributed by atoms with Gasteiger partial charge in [0.25, 0.3) is 5.91 Å². The minimum atomic E-state index is -3.72. The summed E-state index contributed by atoms with van der Waals surface area (Å²) in [6, 6.07) is 11.5. The first-order chi connectivity index (χ1) is 12.5. The van der Waals surface area contributed by atoms with Crippen LogP contribution in [0.4, 0.5) is 5.69 Å². The van der Waals surface area contributed by atoms with Crippen molar-refractivity contribution >= 4 is 21.6 Å². The maximum Gasteiger partial charge on any atom is 0.255 e. The second-order valence-corrected chi connectivity index (χ2v) is 8.93. The summed E-state index contributed by atoms with van der Waals surface area (Å²) >= 11 is 0. The summed E-state index contributed by atoms with van der Waals surface area (Å²) in [5.41, 5.74) is 0.979. The molecule has 6 nitrogen and oxygen atoms in total. The maximum absolute atomic E-state index is 12.7. The highest BCUT2D eigenvalue weighted by molar-refractivity contribution is 7.89. The van der Waals surface area contributed by atoms with Gasteiger partial charge in [-0.3, -0.25) is 4.79 Å². The molecule has 146 valence electrons. The molecule has 2 aromatic carbocycles. The lowest BCUT2D eigenvalue weighted by atomic mass is 10.1. The minimum absolute atomic E-state index is 0.0554. The predicted molar refractivity (Wildman–Crippen MR) is 107 cm³/mol. The zero-order valence-corrected chi connectivity index (χ0v) is 17.1. The third kappa shape index (κ3) is 5.80. The fourth-order valence-electron chi connectivity index (χ4n) is 2.47. The first-order valence-corrected chi connectivity index (χ1v) is 10.2. The van der Waals surface area contributed by atoms with E-state index in [2.05, 4.69) is 10.0 Å². The molecule has 0 atom stereocenters. The van der Waals surface area contributed by atoms with Crippen LogP contribution in [0.2, 0.25) is 0 Å². The van der Waals surface area contributed by atoms with Crippen molar-refractivity contribution < 1.29 is 17.9 Å². The summed E-state index contributed by atoms with van der Waals surface area (Å²) in [6.45, 7) is 9.51. The summed E-state index contributed by atoms with van der Waals surface area (Å²) in [5.74, 6) is 0.345. The van der Waals surface area contributed by atoms with Gasteiger partial charge in [0, 0.05) is 16.8 Å². The molecule has 0 aliphatic heterocycles. The Kier molecular flexibility index (Phi) is 6.28. The summed E-state index contributed by atoms with van der Waals surface area (Å²) in [7, 11) is -3.72. The average Bonchev–Trinajstić information content (AvgIpc) is 2.55. The predicted octanol–water partition coefficient (Wildman–Crippen LogP) is 3.72. The van der Waals surface area contributed by atoms with Gasteiger partial charge >= 0.3 is 0 Å². The molecule has 0 aliphatic carbocycles. The van der Waals surface area contributed by atoms with E-state index in [4.69, 9.17) is 4.74 Å². The number of amides is 1. The zero-order chi connectivity index (χ0) is 20.2. The largest absolute Gasteiger partial charge is 0.494 e. The van der Waals surface area contributed by atoms with E-state index in [1.807, 2.05) is 6.92 Å². The van der Waals surface area contributed by atoms with Crippen molar-refractivity contribution in [3.05, 3.63) is 53.6 Å². The molecule has 0 aliphatic rings. The number of hydrogen-bond donors (Lipinski definition) is 2. The lowest BCUT2D eigenvalue weighted by Gasteiger charge is -2.20. The fourth-order valence-corrected chi connectivity index (χ4v) is 3.92. The van der Waals surface area contributed by atoms with E-state index in [-0.39, 0.29) is 10.8 Å². The summed E-state index contributed by atoms with van der Waals surface area (Å²) in [4.78, 5) is 12.7. The van der Waals surface area contributed by atoms with Crippen molar-refractivity contribution in [1.82, 2.24) is 4.72 Å². The Morgan fingerprint density at radius 1 is 1.07 bits per heavy atom. The Morgan fingerprint density at radius 3 is 2.26 bits per heavy atom. The second-order valence-electron chi connectivity index (χ2n) is 7.24. The average molecular weight is 391 g/mol. The number of carbonyl (C=O) groups excluding carboxylic acids is 1. The number of ether oxygens (including phenoxy) is 1. The fraction of sp³-hybridized carbons (Fsp3) is 0.350. The lowest BCUT2D eigenvalue weighted by Crippen LogP contribution is -2.40. The van der Waals surface area contributed by atoms with Gasteiger partial charge in [0.1, 0.15) is 5.75 Å². The number of carbonyl (C=O) groups is 1. The molecule has 2 N–H and O–H groups in total.